The van der Waals surface area contributed by atoms with E-state index in [-0.39, 0.29) is 0 Å². The molecule has 0 aliphatic heterocycles. The Morgan fingerprint density at radius 3 is 2.53 bits per heavy atom. The molecule has 1 rings (SSSR count). The minimum Gasteiger partial charge on any atom is -0.348 e. The summed E-state index contributed by atoms with van der Waals surface area (Å²) in [7, 11) is 6.09. The van der Waals surface area contributed by atoms with E-state index in [0.717, 1.165) is 19.0 Å². The fraction of sp³-hybridized carbons (Fsp3) is 0.769. The van der Waals surface area contributed by atoms with Crippen LogP contribution in [-0.2, 0) is 13.6 Å². The Labute approximate surface area is 105 Å². The SMILES string of the molecule is CCC(C)(C)CNCc1cnc(N(C)C)n1C. The summed E-state index contributed by atoms with van der Waals surface area (Å²) in [5.74, 6) is 0.997. The third-order valence-corrected chi connectivity index (χ3v) is 3.33. The van der Waals surface area contributed by atoms with Crippen molar-refractivity contribution in [3.63, 3.8) is 0 Å². The number of hydrogen-bond acceptors (Lipinski definition) is 3. The summed E-state index contributed by atoms with van der Waals surface area (Å²) in [5, 5.41) is 3.51. The van der Waals surface area contributed by atoms with Crippen LogP contribution in [0.25, 0.3) is 0 Å². The van der Waals surface area contributed by atoms with Gasteiger partial charge in [0.05, 0.1) is 11.9 Å². The van der Waals surface area contributed by atoms with Crippen LogP contribution in [0.5, 0.6) is 0 Å². The van der Waals surface area contributed by atoms with E-state index in [2.05, 4.69) is 42.7 Å². The van der Waals surface area contributed by atoms with Gasteiger partial charge in [-0.2, -0.15) is 0 Å². The molecule has 98 valence electrons. The van der Waals surface area contributed by atoms with Gasteiger partial charge in [0, 0.05) is 34.2 Å². The quantitative estimate of drug-likeness (QED) is 0.823. The average molecular weight is 238 g/mol. The van der Waals surface area contributed by atoms with Crippen molar-refractivity contribution in [1.82, 2.24) is 14.9 Å². The van der Waals surface area contributed by atoms with Crippen molar-refractivity contribution in [3.8, 4) is 0 Å². The molecule has 0 bridgehead atoms. The zero-order valence-corrected chi connectivity index (χ0v) is 12.0. The van der Waals surface area contributed by atoms with Gasteiger partial charge in [0.2, 0.25) is 5.95 Å². The lowest BCUT2D eigenvalue weighted by Gasteiger charge is -2.23. The maximum Gasteiger partial charge on any atom is 0.204 e. The van der Waals surface area contributed by atoms with Crippen molar-refractivity contribution >= 4 is 5.95 Å². The van der Waals surface area contributed by atoms with Crippen LogP contribution in [0.3, 0.4) is 0 Å². The Balaban J connectivity index is 2.53. The lowest BCUT2D eigenvalue weighted by molar-refractivity contribution is 0.326. The fourth-order valence-corrected chi connectivity index (χ4v) is 1.67. The van der Waals surface area contributed by atoms with E-state index in [0.29, 0.717) is 5.41 Å². The van der Waals surface area contributed by atoms with Crippen molar-refractivity contribution < 1.29 is 0 Å². The highest BCUT2D eigenvalue weighted by Crippen LogP contribution is 2.18. The van der Waals surface area contributed by atoms with Crippen LogP contribution in [0.1, 0.15) is 32.9 Å². The van der Waals surface area contributed by atoms with Gasteiger partial charge in [-0.3, -0.25) is 0 Å². The Hall–Kier alpha value is -1.03. The summed E-state index contributed by atoms with van der Waals surface area (Å²) < 4.78 is 2.13. The van der Waals surface area contributed by atoms with Crippen LogP contribution in [0.4, 0.5) is 5.95 Å². The zero-order valence-electron chi connectivity index (χ0n) is 12.0. The predicted molar refractivity (Wildman–Crippen MR) is 73.3 cm³/mol. The Morgan fingerprint density at radius 2 is 2.06 bits per heavy atom. The van der Waals surface area contributed by atoms with E-state index in [1.807, 2.05) is 25.2 Å². The first kappa shape index (κ1) is 14.0. The summed E-state index contributed by atoms with van der Waals surface area (Å²) in [6, 6.07) is 0. The number of imidazole rings is 1. The first-order valence-electron chi connectivity index (χ1n) is 6.26. The van der Waals surface area contributed by atoms with E-state index >= 15 is 0 Å². The number of rotatable bonds is 6. The molecule has 4 nitrogen and oxygen atoms in total. The van der Waals surface area contributed by atoms with Crippen molar-refractivity contribution in [2.75, 3.05) is 25.5 Å². The van der Waals surface area contributed by atoms with Gasteiger partial charge in [0.1, 0.15) is 0 Å². The Kier molecular flexibility index (Phi) is 4.57. The van der Waals surface area contributed by atoms with Crippen LogP contribution in [0.2, 0.25) is 0 Å². The van der Waals surface area contributed by atoms with E-state index in [4.69, 9.17) is 0 Å². The molecule has 1 aromatic heterocycles. The zero-order chi connectivity index (χ0) is 13.1. The molecule has 0 aliphatic carbocycles. The second kappa shape index (κ2) is 5.54. The number of hydrogen-bond donors (Lipinski definition) is 1. The second-order valence-electron chi connectivity index (χ2n) is 5.62. The summed E-state index contributed by atoms with van der Waals surface area (Å²) >= 11 is 0. The first-order valence-corrected chi connectivity index (χ1v) is 6.26. The molecule has 0 atom stereocenters. The number of nitrogens with one attached hydrogen (secondary N) is 1. The summed E-state index contributed by atoms with van der Waals surface area (Å²) in [5.41, 5.74) is 1.59. The maximum absolute atomic E-state index is 4.40. The predicted octanol–water partition coefficient (Wildman–Crippen LogP) is 2.01. The van der Waals surface area contributed by atoms with Crippen LogP contribution >= 0.6 is 0 Å². The highest BCUT2D eigenvalue weighted by Gasteiger charge is 2.14. The van der Waals surface area contributed by atoms with Gasteiger partial charge in [-0.1, -0.05) is 20.8 Å². The lowest BCUT2D eigenvalue weighted by atomic mass is 9.90. The molecule has 1 aromatic rings. The van der Waals surface area contributed by atoms with Crippen LogP contribution < -0.4 is 10.2 Å². The van der Waals surface area contributed by atoms with E-state index in [1.54, 1.807) is 0 Å². The van der Waals surface area contributed by atoms with Gasteiger partial charge in [-0.15, -0.1) is 0 Å². The summed E-state index contributed by atoms with van der Waals surface area (Å²) in [4.78, 5) is 6.43. The van der Waals surface area contributed by atoms with Crippen LogP contribution in [0, 0.1) is 5.41 Å². The topological polar surface area (TPSA) is 33.1 Å². The standard InChI is InChI=1S/C13H26N4/c1-7-13(2,3)10-14-8-11-9-15-12(16(4)5)17(11)6/h9,14H,7-8,10H2,1-6H3. The largest absolute Gasteiger partial charge is 0.348 e. The smallest absolute Gasteiger partial charge is 0.204 e. The second-order valence-corrected chi connectivity index (χ2v) is 5.62. The van der Waals surface area contributed by atoms with E-state index in [1.165, 1.54) is 12.1 Å². The molecular weight excluding hydrogens is 212 g/mol. The minimum atomic E-state index is 0.364. The molecule has 0 saturated carbocycles. The fourth-order valence-electron chi connectivity index (χ4n) is 1.67. The van der Waals surface area contributed by atoms with Gasteiger partial charge in [0.25, 0.3) is 0 Å². The van der Waals surface area contributed by atoms with Crippen molar-refractivity contribution in [1.29, 1.82) is 0 Å². The van der Waals surface area contributed by atoms with E-state index in [9.17, 15) is 0 Å². The molecule has 0 aromatic carbocycles. The molecule has 0 saturated heterocycles. The maximum atomic E-state index is 4.40. The third-order valence-electron chi connectivity index (χ3n) is 3.33. The van der Waals surface area contributed by atoms with Gasteiger partial charge in [-0.05, 0) is 11.8 Å². The lowest BCUT2D eigenvalue weighted by Crippen LogP contribution is -2.29. The van der Waals surface area contributed by atoms with Crippen LogP contribution in [0.15, 0.2) is 6.20 Å². The molecule has 4 heteroatoms. The van der Waals surface area contributed by atoms with Crippen molar-refractivity contribution in [2.45, 2.75) is 33.7 Å². The van der Waals surface area contributed by atoms with Gasteiger partial charge in [0.15, 0.2) is 0 Å². The Morgan fingerprint density at radius 1 is 1.41 bits per heavy atom. The molecule has 0 amide bonds. The molecule has 0 unspecified atom stereocenters. The molecule has 0 spiro atoms. The third kappa shape index (κ3) is 3.73. The van der Waals surface area contributed by atoms with Crippen molar-refractivity contribution in [3.05, 3.63) is 11.9 Å². The molecule has 1 heterocycles. The van der Waals surface area contributed by atoms with E-state index < -0.39 is 0 Å². The molecule has 0 aliphatic rings. The molecule has 0 radical (unpaired) electrons. The number of aromatic nitrogens is 2. The monoisotopic (exact) mass is 238 g/mol. The molecule has 17 heavy (non-hydrogen) atoms. The normalized spacial score (nSPS) is 11.9. The molecule has 0 fully saturated rings. The number of nitrogens with zero attached hydrogens (tertiary/aromatic N) is 3. The molecule has 1 N–H and O–H groups in total. The highest BCUT2D eigenvalue weighted by atomic mass is 15.3. The summed E-state index contributed by atoms with van der Waals surface area (Å²) in [6.45, 7) is 8.71. The Bertz CT molecular complexity index is 352. The van der Waals surface area contributed by atoms with Gasteiger partial charge in [-0.25, -0.2) is 4.98 Å². The molecular formula is C13H26N4. The van der Waals surface area contributed by atoms with Crippen molar-refractivity contribution in [2.24, 2.45) is 12.5 Å². The summed E-state index contributed by atoms with van der Waals surface area (Å²) in [6.07, 6.45) is 3.13. The average Bonchev–Trinajstić information content (AvgIpc) is 2.60. The van der Waals surface area contributed by atoms with Crippen LogP contribution in [-0.4, -0.2) is 30.2 Å². The van der Waals surface area contributed by atoms with Gasteiger partial charge >= 0.3 is 0 Å². The minimum absolute atomic E-state index is 0.364. The first-order chi connectivity index (χ1) is 7.87. The number of anilines is 1. The van der Waals surface area contributed by atoms with Gasteiger partial charge < -0.3 is 14.8 Å². The highest BCUT2D eigenvalue weighted by molar-refractivity contribution is 5.30.